The van der Waals surface area contributed by atoms with Crippen LogP contribution in [0.1, 0.15) is 62.3 Å². The number of aryl methyl sites for hydroxylation is 2. The van der Waals surface area contributed by atoms with E-state index in [0.717, 1.165) is 6.61 Å². The molecular weight excluding hydrogens is 258 g/mol. The van der Waals surface area contributed by atoms with E-state index in [2.05, 4.69) is 51.2 Å². The molecule has 21 heavy (non-hydrogen) atoms. The van der Waals surface area contributed by atoms with Crippen molar-refractivity contribution in [3.05, 3.63) is 34.9 Å². The highest BCUT2D eigenvalue weighted by Gasteiger charge is 2.27. The molecule has 1 saturated carbocycles. The first kappa shape index (κ1) is 16.5. The second-order valence-corrected chi connectivity index (χ2v) is 7.38. The van der Waals surface area contributed by atoms with Gasteiger partial charge in [0.05, 0.1) is 18.8 Å². The molecule has 1 aromatic carbocycles. The Kier molecular flexibility index (Phi) is 5.45. The SMILES string of the molecule is CNC(COC1CCC(C)(C)CC1)c1ccc(C)c(C)c1. The third-order valence-electron chi connectivity index (χ3n) is 5.07. The minimum atomic E-state index is 0.291. The van der Waals surface area contributed by atoms with Crippen molar-refractivity contribution in [3.8, 4) is 0 Å². The molecule has 1 atom stereocenters. The van der Waals surface area contributed by atoms with Gasteiger partial charge in [0.15, 0.2) is 0 Å². The first-order valence-corrected chi connectivity index (χ1v) is 8.27. The van der Waals surface area contributed by atoms with Crippen molar-refractivity contribution in [2.24, 2.45) is 5.41 Å². The van der Waals surface area contributed by atoms with Crippen molar-refractivity contribution in [1.82, 2.24) is 5.32 Å². The van der Waals surface area contributed by atoms with Crippen LogP contribution in [0.5, 0.6) is 0 Å². The van der Waals surface area contributed by atoms with Crippen molar-refractivity contribution in [2.75, 3.05) is 13.7 Å². The Morgan fingerprint density at radius 1 is 1.19 bits per heavy atom. The number of likely N-dealkylation sites (N-methyl/N-ethyl adjacent to an activating group) is 1. The van der Waals surface area contributed by atoms with Crippen molar-refractivity contribution in [3.63, 3.8) is 0 Å². The molecule has 1 fully saturated rings. The minimum Gasteiger partial charge on any atom is -0.376 e. The number of hydrogen-bond acceptors (Lipinski definition) is 2. The Labute approximate surface area is 130 Å². The molecule has 0 radical (unpaired) electrons. The fourth-order valence-corrected chi connectivity index (χ4v) is 3.10. The lowest BCUT2D eigenvalue weighted by molar-refractivity contribution is -0.00504. The molecular formula is C19H31NO. The summed E-state index contributed by atoms with van der Waals surface area (Å²) in [4.78, 5) is 0. The summed E-state index contributed by atoms with van der Waals surface area (Å²) in [7, 11) is 2.02. The third-order valence-corrected chi connectivity index (χ3v) is 5.07. The van der Waals surface area contributed by atoms with Crippen LogP contribution in [0.15, 0.2) is 18.2 Å². The van der Waals surface area contributed by atoms with E-state index in [9.17, 15) is 0 Å². The highest BCUT2D eigenvalue weighted by atomic mass is 16.5. The topological polar surface area (TPSA) is 21.3 Å². The van der Waals surface area contributed by atoms with Gasteiger partial charge < -0.3 is 10.1 Å². The van der Waals surface area contributed by atoms with E-state index < -0.39 is 0 Å². The number of hydrogen-bond donors (Lipinski definition) is 1. The van der Waals surface area contributed by atoms with Gasteiger partial charge in [-0.3, -0.25) is 0 Å². The average molecular weight is 289 g/mol. The quantitative estimate of drug-likeness (QED) is 0.858. The molecule has 1 aliphatic carbocycles. The van der Waals surface area contributed by atoms with E-state index in [1.807, 2.05) is 7.05 Å². The van der Waals surface area contributed by atoms with Gasteiger partial charge in [-0.05, 0) is 68.7 Å². The van der Waals surface area contributed by atoms with E-state index in [-0.39, 0.29) is 0 Å². The van der Waals surface area contributed by atoms with Gasteiger partial charge in [0, 0.05) is 0 Å². The fraction of sp³-hybridized carbons (Fsp3) is 0.684. The van der Waals surface area contributed by atoms with Crippen LogP contribution in [0.4, 0.5) is 0 Å². The Morgan fingerprint density at radius 3 is 2.43 bits per heavy atom. The van der Waals surface area contributed by atoms with Gasteiger partial charge in [-0.25, -0.2) is 0 Å². The van der Waals surface area contributed by atoms with Gasteiger partial charge in [0.2, 0.25) is 0 Å². The zero-order chi connectivity index (χ0) is 15.5. The van der Waals surface area contributed by atoms with Crippen molar-refractivity contribution in [2.45, 2.75) is 65.5 Å². The maximum atomic E-state index is 6.19. The standard InChI is InChI=1S/C19H31NO/c1-14-6-7-16(12-15(14)2)18(20-5)13-21-17-8-10-19(3,4)11-9-17/h6-7,12,17-18,20H,8-11,13H2,1-5H3. The predicted molar refractivity (Wildman–Crippen MR) is 89.7 cm³/mol. The van der Waals surface area contributed by atoms with Gasteiger partial charge in [0.1, 0.15) is 0 Å². The lowest BCUT2D eigenvalue weighted by Crippen LogP contribution is -2.30. The summed E-state index contributed by atoms with van der Waals surface area (Å²) in [5.74, 6) is 0. The summed E-state index contributed by atoms with van der Waals surface area (Å²) in [5, 5.41) is 3.40. The average Bonchev–Trinajstić information content (AvgIpc) is 2.45. The maximum absolute atomic E-state index is 6.19. The lowest BCUT2D eigenvalue weighted by Gasteiger charge is -2.34. The fourth-order valence-electron chi connectivity index (χ4n) is 3.10. The molecule has 118 valence electrons. The largest absolute Gasteiger partial charge is 0.376 e. The van der Waals surface area contributed by atoms with E-state index in [1.165, 1.54) is 42.4 Å². The highest BCUT2D eigenvalue weighted by Crippen LogP contribution is 2.36. The predicted octanol–water partition coefficient (Wildman–Crippen LogP) is 4.55. The molecule has 0 saturated heterocycles. The van der Waals surface area contributed by atoms with Gasteiger partial charge >= 0.3 is 0 Å². The summed E-state index contributed by atoms with van der Waals surface area (Å²) in [6, 6.07) is 7.00. The normalized spacial score (nSPS) is 20.4. The third kappa shape index (κ3) is 4.55. The van der Waals surface area contributed by atoms with E-state index >= 15 is 0 Å². The molecule has 1 aliphatic rings. The molecule has 2 heteroatoms. The molecule has 0 aliphatic heterocycles. The van der Waals surface area contributed by atoms with E-state index in [1.54, 1.807) is 0 Å². The zero-order valence-electron chi connectivity index (χ0n) is 14.3. The maximum Gasteiger partial charge on any atom is 0.0665 e. The van der Waals surface area contributed by atoms with Crippen molar-refractivity contribution < 1.29 is 4.74 Å². The minimum absolute atomic E-state index is 0.291. The van der Waals surface area contributed by atoms with Crippen LogP contribution in [0.3, 0.4) is 0 Å². The molecule has 2 rings (SSSR count). The zero-order valence-corrected chi connectivity index (χ0v) is 14.3. The Balaban J connectivity index is 1.89. The smallest absolute Gasteiger partial charge is 0.0665 e. The van der Waals surface area contributed by atoms with Crippen LogP contribution in [0.2, 0.25) is 0 Å². The van der Waals surface area contributed by atoms with Crippen LogP contribution in [-0.4, -0.2) is 19.8 Å². The van der Waals surface area contributed by atoms with E-state index in [0.29, 0.717) is 17.6 Å². The highest BCUT2D eigenvalue weighted by molar-refractivity contribution is 5.31. The Morgan fingerprint density at radius 2 is 1.86 bits per heavy atom. The monoisotopic (exact) mass is 289 g/mol. The van der Waals surface area contributed by atoms with Gasteiger partial charge in [-0.15, -0.1) is 0 Å². The first-order valence-electron chi connectivity index (χ1n) is 8.27. The molecule has 1 unspecified atom stereocenters. The first-order chi connectivity index (χ1) is 9.91. The second-order valence-electron chi connectivity index (χ2n) is 7.38. The number of nitrogens with one attached hydrogen (secondary N) is 1. The van der Waals surface area contributed by atoms with Gasteiger partial charge in [-0.2, -0.15) is 0 Å². The summed E-state index contributed by atoms with van der Waals surface area (Å²) in [5.41, 5.74) is 4.55. The molecule has 2 nitrogen and oxygen atoms in total. The molecule has 0 aromatic heterocycles. The summed E-state index contributed by atoms with van der Waals surface area (Å²) in [6.45, 7) is 9.84. The molecule has 1 N–H and O–H groups in total. The van der Waals surface area contributed by atoms with Gasteiger partial charge in [0.25, 0.3) is 0 Å². The molecule has 0 bridgehead atoms. The molecule has 0 spiro atoms. The van der Waals surface area contributed by atoms with Crippen LogP contribution in [0.25, 0.3) is 0 Å². The number of rotatable bonds is 5. The molecule has 0 heterocycles. The van der Waals surface area contributed by atoms with Crippen LogP contribution in [0, 0.1) is 19.3 Å². The van der Waals surface area contributed by atoms with Crippen molar-refractivity contribution in [1.29, 1.82) is 0 Å². The van der Waals surface area contributed by atoms with Gasteiger partial charge in [-0.1, -0.05) is 32.0 Å². The number of benzene rings is 1. The second kappa shape index (κ2) is 6.93. The summed E-state index contributed by atoms with van der Waals surface area (Å²) < 4.78 is 6.19. The van der Waals surface area contributed by atoms with Crippen LogP contribution in [-0.2, 0) is 4.74 Å². The Hall–Kier alpha value is -0.860. The summed E-state index contributed by atoms with van der Waals surface area (Å²) in [6.07, 6.45) is 5.42. The van der Waals surface area contributed by atoms with Crippen LogP contribution < -0.4 is 5.32 Å². The van der Waals surface area contributed by atoms with Crippen LogP contribution >= 0.6 is 0 Å². The molecule has 0 amide bonds. The Bertz CT molecular complexity index is 457. The van der Waals surface area contributed by atoms with E-state index in [4.69, 9.17) is 4.74 Å². The number of ether oxygens (including phenoxy) is 1. The summed E-state index contributed by atoms with van der Waals surface area (Å²) >= 11 is 0. The lowest BCUT2D eigenvalue weighted by atomic mass is 9.76. The molecule has 1 aromatic rings. The van der Waals surface area contributed by atoms with Crippen molar-refractivity contribution >= 4 is 0 Å².